The summed E-state index contributed by atoms with van der Waals surface area (Å²) in [5.74, 6) is 1.07. The summed E-state index contributed by atoms with van der Waals surface area (Å²) in [7, 11) is 0. The molecule has 0 aliphatic heterocycles. The van der Waals surface area contributed by atoms with Crippen molar-refractivity contribution in [3.05, 3.63) is 64.9 Å². The van der Waals surface area contributed by atoms with E-state index in [9.17, 15) is 10.0 Å². The Balaban J connectivity index is 1.41. The molecule has 5 nitrogen and oxygen atoms in total. The van der Waals surface area contributed by atoms with Crippen LogP contribution < -0.4 is 4.85 Å². The van der Waals surface area contributed by atoms with Gasteiger partial charge in [-0.05, 0) is 67.3 Å². The van der Waals surface area contributed by atoms with Crippen molar-refractivity contribution in [1.82, 2.24) is 9.90 Å². The Bertz CT molecular complexity index is 969. The van der Waals surface area contributed by atoms with Crippen LogP contribution in [0.4, 0.5) is 0 Å². The van der Waals surface area contributed by atoms with Gasteiger partial charge in [0.25, 0.3) is 0 Å². The second-order valence-corrected chi connectivity index (χ2v) is 8.29. The van der Waals surface area contributed by atoms with Gasteiger partial charge in [-0.15, -0.1) is 4.85 Å². The van der Waals surface area contributed by atoms with Gasteiger partial charge in [0, 0.05) is 10.4 Å². The first kappa shape index (κ1) is 19.6. The zero-order valence-electron chi connectivity index (χ0n) is 17.1. The van der Waals surface area contributed by atoms with Gasteiger partial charge in [0.15, 0.2) is 0 Å². The lowest BCUT2D eigenvalue weighted by Gasteiger charge is -2.29. The van der Waals surface area contributed by atoms with Gasteiger partial charge in [-0.1, -0.05) is 56.9 Å². The standard InChI is InChI=1S/C24H29N3O2/c1-2-3-4-7-18-10-12-19(13-11-18)20-14-16-21(17-15-20)24(28)26-25-22-8-5-6-9-23(22)27(26)29/h5-6,8-9,14-19H,2-4,7,10-13H2,1H3/t18-,19-. The number of hydrogen-bond donors (Lipinski definition) is 0. The lowest BCUT2D eigenvalue weighted by molar-refractivity contribution is -0.661. The van der Waals surface area contributed by atoms with Gasteiger partial charge >= 0.3 is 5.91 Å². The molecule has 0 amide bonds. The second kappa shape index (κ2) is 8.76. The molecule has 29 heavy (non-hydrogen) atoms. The number of nitrogens with zero attached hydrogens (tertiary/aromatic N) is 3. The Kier molecular flexibility index (Phi) is 5.93. The van der Waals surface area contributed by atoms with Crippen LogP contribution in [0.3, 0.4) is 0 Å². The summed E-state index contributed by atoms with van der Waals surface area (Å²) < 4.78 is 0. The van der Waals surface area contributed by atoms with Crippen LogP contribution in [0.2, 0.25) is 0 Å². The quantitative estimate of drug-likeness (QED) is 0.329. The number of unbranched alkanes of at least 4 members (excludes halogenated alkanes) is 2. The van der Waals surface area contributed by atoms with Crippen LogP contribution >= 0.6 is 0 Å². The molecule has 3 aromatic rings. The Morgan fingerprint density at radius 1 is 1.07 bits per heavy atom. The van der Waals surface area contributed by atoms with E-state index in [1.165, 1.54) is 56.9 Å². The van der Waals surface area contributed by atoms with E-state index in [-0.39, 0.29) is 0 Å². The van der Waals surface area contributed by atoms with E-state index in [1.807, 2.05) is 24.3 Å². The first-order valence-electron chi connectivity index (χ1n) is 10.9. The van der Waals surface area contributed by atoms with Crippen LogP contribution in [0.25, 0.3) is 11.0 Å². The molecule has 2 aromatic carbocycles. The van der Waals surface area contributed by atoms with Crippen LogP contribution in [0.15, 0.2) is 48.5 Å². The van der Waals surface area contributed by atoms with Gasteiger partial charge in [0.1, 0.15) is 0 Å². The minimum Gasteiger partial charge on any atom is -0.692 e. The minimum absolute atomic E-state index is 0.396. The molecule has 4 rings (SSSR count). The first-order chi connectivity index (χ1) is 14.2. The molecule has 1 aliphatic carbocycles. The number of carbonyl (C=O) groups excluding carboxylic acids is 1. The second-order valence-electron chi connectivity index (χ2n) is 8.29. The van der Waals surface area contributed by atoms with Gasteiger partial charge in [-0.3, -0.25) is 4.79 Å². The van der Waals surface area contributed by atoms with Crippen LogP contribution in [-0.4, -0.2) is 15.8 Å². The number of carbonyl (C=O) groups is 1. The number of benzene rings is 2. The third-order valence-electron chi connectivity index (χ3n) is 6.34. The fourth-order valence-electron chi connectivity index (χ4n) is 4.56. The van der Waals surface area contributed by atoms with E-state index in [2.05, 4.69) is 12.0 Å². The molecule has 0 bridgehead atoms. The smallest absolute Gasteiger partial charge is 0.337 e. The van der Waals surface area contributed by atoms with Crippen LogP contribution in [0.5, 0.6) is 0 Å². The average Bonchev–Trinajstić information content (AvgIpc) is 3.11. The topological polar surface area (TPSA) is 61.8 Å². The molecule has 152 valence electrons. The number of aromatic nitrogens is 3. The van der Waals surface area contributed by atoms with Crippen molar-refractivity contribution < 1.29 is 9.64 Å². The molecule has 0 spiro atoms. The average molecular weight is 392 g/mol. The van der Waals surface area contributed by atoms with E-state index in [0.29, 0.717) is 27.4 Å². The summed E-state index contributed by atoms with van der Waals surface area (Å²) in [4.78, 5) is 14.2. The highest BCUT2D eigenvalue weighted by Crippen LogP contribution is 2.37. The highest BCUT2D eigenvalue weighted by molar-refractivity contribution is 5.95. The van der Waals surface area contributed by atoms with Crippen LogP contribution in [0.1, 0.15) is 80.1 Å². The molecule has 0 unspecified atom stereocenters. The van der Waals surface area contributed by atoms with Crippen molar-refractivity contribution in [3.63, 3.8) is 0 Å². The summed E-state index contributed by atoms with van der Waals surface area (Å²) in [5, 5.41) is 16.5. The normalized spacial score (nSPS) is 19.5. The molecular weight excluding hydrogens is 362 g/mol. The van der Waals surface area contributed by atoms with E-state index in [1.54, 1.807) is 24.3 Å². The Morgan fingerprint density at radius 2 is 1.79 bits per heavy atom. The zero-order valence-corrected chi connectivity index (χ0v) is 17.1. The predicted molar refractivity (Wildman–Crippen MR) is 114 cm³/mol. The summed E-state index contributed by atoms with van der Waals surface area (Å²) in [5.41, 5.74) is 2.70. The lowest BCUT2D eigenvalue weighted by Crippen LogP contribution is -2.42. The highest BCUT2D eigenvalue weighted by atomic mass is 16.5. The van der Waals surface area contributed by atoms with Crippen molar-refractivity contribution in [2.24, 2.45) is 5.92 Å². The molecular formula is C24H29N3O2. The molecule has 1 fully saturated rings. The van der Waals surface area contributed by atoms with Crippen molar-refractivity contribution in [2.75, 3.05) is 0 Å². The fraction of sp³-hybridized carbons (Fsp3) is 0.458. The summed E-state index contributed by atoms with van der Waals surface area (Å²) >= 11 is 0. The third kappa shape index (κ3) is 4.19. The maximum absolute atomic E-state index is 12.8. The van der Waals surface area contributed by atoms with Crippen LogP contribution in [0, 0.1) is 11.1 Å². The third-order valence-corrected chi connectivity index (χ3v) is 6.34. The van der Waals surface area contributed by atoms with Crippen LogP contribution in [-0.2, 0) is 0 Å². The molecule has 1 heterocycles. The van der Waals surface area contributed by atoms with Gasteiger partial charge in [-0.2, -0.15) is 0 Å². The zero-order chi connectivity index (χ0) is 20.2. The molecule has 0 N–H and O–H groups in total. The molecule has 1 saturated carbocycles. The highest BCUT2D eigenvalue weighted by Gasteiger charge is 2.24. The van der Waals surface area contributed by atoms with Crippen molar-refractivity contribution >= 4 is 16.9 Å². The SMILES string of the molecule is CCCCC[C@H]1CC[C@H](c2ccc(C(=O)n3nc4ccccc4[n+]3[O-])cc2)CC1. The molecule has 0 atom stereocenters. The van der Waals surface area contributed by atoms with Gasteiger partial charge in [0.2, 0.25) is 11.0 Å². The maximum atomic E-state index is 12.8. The van der Waals surface area contributed by atoms with Crippen molar-refractivity contribution in [1.29, 1.82) is 0 Å². The Labute approximate surface area is 171 Å². The molecule has 1 aliphatic rings. The molecule has 0 saturated heterocycles. The summed E-state index contributed by atoms with van der Waals surface area (Å²) in [6.07, 6.45) is 10.5. The maximum Gasteiger partial charge on any atom is 0.337 e. The van der Waals surface area contributed by atoms with Crippen molar-refractivity contribution in [2.45, 2.75) is 64.2 Å². The fourth-order valence-corrected chi connectivity index (χ4v) is 4.56. The number of fused-ring (bicyclic) bond motifs is 1. The Morgan fingerprint density at radius 3 is 2.48 bits per heavy atom. The van der Waals surface area contributed by atoms with Gasteiger partial charge in [0.05, 0.1) is 5.10 Å². The van der Waals surface area contributed by atoms with E-state index >= 15 is 0 Å². The van der Waals surface area contributed by atoms with E-state index < -0.39 is 5.91 Å². The van der Waals surface area contributed by atoms with E-state index in [0.717, 1.165) is 10.7 Å². The molecule has 0 radical (unpaired) electrons. The number of para-hydroxylation sites is 1. The van der Waals surface area contributed by atoms with E-state index in [4.69, 9.17) is 0 Å². The number of hydrogen-bond acceptors (Lipinski definition) is 3. The molecule has 5 heteroatoms. The molecule has 1 aromatic heterocycles. The lowest BCUT2D eigenvalue weighted by atomic mass is 9.77. The minimum atomic E-state index is -0.401. The number of rotatable bonds is 6. The Hall–Kier alpha value is -2.69. The largest absolute Gasteiger partial charge is 0.692 e. The van der Waals surface area contributed by atoms with Gasteiger partial charge in [-0.25, -0.2) is 0 Å². The monoisotopic (exact) mass is 391 g/mol. The van der Waals surface area contributed by atoms with Crippen molar-refractivity contribution in [3.8, 4) is 0 Å². The predicted octanol–water partition coefficient (Wildman–Crippen LogP) is 5.21. The summed E-state index contributed by atoms with van der Waals surface area (Å²) in [6.45, 7) is 2.26. The summed E-state index contributed by atoms with van der Waals surface area (Å²) in [6, 6.07) is 14.7. The van der Waals surface area contributed by atoms with Gasteiger partial charge < -0.3 is 5.21 Å². The first-order valence-corrected chi connectivity index (χ1v) is 10.9.